The number of rotatable bonds is 2. The quantitative estimate of drug-likeness (QED) is 0.604. The van der Waals surface area contributed by atoms with E-state index in [2.05, 4.69) is 4.98 Å². The van der Waals surface area contributed by atoms with Gasteiger partial charge in [-0.15, -0.1) is 0 Å². The molecule has 0 N–H and O–H groups in total. The lowest BCUT2D eigenvalue weighted by Crippen LogP contribution is -2.00. The number of nitrogens with zero attached hydrogens (tertiary/aromatic N) is 2. The monoisotopic (exact) mass is 254 g/mol. The number of aromatic nitrogens is 2. The second kappa shape index (κ2) is 5.00. The maximum Gasteiger partial charge on any atom is 0.205 e. The molecule has 3 heteroatoms. The second-order valence-corrected chi connectivity index (χ2v) is 5.25. The number of fused-ring (bicyclic) bond motifs is 1. The van der Waals surface area contributed by atoms with Crippen molar-refractivity contribution in [3.05, 3.63) is 47.4 Å². The fourth-order valence-corrected chi connectivity index (χ4v) is 2.68. The number of hydrogen-bond donors (Lipinski definition) is 0. The van der Waals surface area contributed by atoms with Gasteiger partial charge in [0.15, 0.2) is 0 Å². The number of aryl methyl sites for hydroxylation is 1. The highest BCUT2D eigenvalue weighted by Crippen LogP contribution is 2.23. The van der Waals surface area contributed by atoms with Crippen LogP contribution in [0.5, 0.6) is 0 Å². The largest absolute Gasteiger partial charge is 0.304 e. The lowest BCUT2D eigenvalue weighted by Gasteiger charge is -2.12. The summed E-state index contributed by atoms with van der Waals surface area (Å²) in [5.41, 5.74) is 3.76. The molecule has 3 rings (SSSR count). The molecule has 2 aromatic heterocycles. The lowest BCUT2D eigenvalue weighted by atomic mass is 9.94. The molecule has 0 bridgehead atoms. The summed E-state index contributed by atoms with van der Waals surface area (Å²) in [6, 6.07) is 5.91. The smallest absolute Gasteiger partial charge is 0.205 e. The standard InChI is InChI=1S/C16H18N2O/c1-12-6-5-9-16-17-14(11-18(12)16)15(19)10-13-7-3-2-4-8-13/h5-6,9-11H,2-4,7-8H2,1H3. The zero-order valence-corrected chi connectivity index (χ0v) is 11.2. The van der Waals surface area contributed by atoms with Crippen LogP contribution in [-0.4, -0.2) is 15.2 Å². The van der Waals surface area contributed by atoms with E-state index in [1.54, 1.807) is 6.08 Å². The third-order valence-electron chi connectivity index (χ3n) is 3.78. The van der Waals surface area contributed by atoms with E-state index >= 15 is 0 Å². The number of carbonyl (C=O) groups excluding carboxylic acids is 1. The maximum atomic E-state index is 12.2. The van der Waals surface area contributed by atoms with E-state index in [0.29, 0.717) is 5.69 Å². The highest BCUT2D eigenvalue weighted by atomic mass is 16.1. The molecule has 3 nitrogen and oxygen atoms in total. The van der Waals surface area contributed by atoms with Crippen LogP contribution in [0.4, 0.5) is 0 Å². The molecule has 0 spiro atoms. The van der Waals surface area contributed by atoms with Crippen LogP contribution < -0.4 is 0 Å². The first-order valence-corrected chi connectivity index (χ1v) is 6.92. The molecule has 0 atom stereocenters. The van der Waals surface area contributed by atoms with Crippen molar-refractivity contribution in [1.29, 1.82) is 0 Å². The fraction of sp³-hybridized carbons (Fsp3) is 0.375. The van der Waals surface area contributed by atoms with Gasteiger partial charge in [0.1, 0.15) is 11.3 Å². The maximum absolute atomic E-state index is 12.2. The predicted molar refractivity (Wildman–Crippen MR) is 75.4 cm³/mol. The topological polar surface area (TPSA) is 34.4 Å². The molecule has 0 saturated heterocycles. The minimum Gasteiger partial charge on any atom is -0.304 e. The summed E-state index contributed by atoms with van der Waals surface area (Å²) in [4.78, 5) is 16.6. The van der Waals surface area contributed by atoms with Gasteiger partial charge in [-0.1, -0.05) is 18.1 Å². The van der Waals surface area contributed by atoms with Crippen molar-refractivity contribution in [2.75, 3.05) is 0 Å². The van der Waals surface area contributed by atoms with Crippen molar-refractivity contribution in [2.45, 2.75) is 39.0 Å². The summed E-state index contributed by atoms with van der Waals surface area (Å²) in [5.74, 6) is 0.0417. The van der Waals surface area contributed by atoms with Gasteiger partial charge in [-0.3, -0.25) is 4.79 Å². The van der Waals surface area contributed by atoms with Gasteiger partial charge < -0.3 is 4.40 Å². The van der Waals surface area contributed by atoms with Crippen LogP contribution >= 0.6 is 0 Å². The Morgan fingerprint density at radius 2 is 2.05 bits per heavy atom. The second-order valence-electron chi connectivity index (χ2n) is 5.25. The van der Waals surface area contributed by atoms with E-state index in [1.165, 1.54) is 24.8 Å². The zero-order chi connectivity index (χ0) is 13.2. The zero-order valence-electron chi connectivity index (χ0n) is 11.2. The van der Waals surface area contributed by atoms with Gasteiger partial charge in [0.05, 0.1) is 0 Å². The van der Waals surface area contributed by atoms with Gasteiger partial charge in [-0.2, -0.15) is 0 Å². The summed E-state index contributed by atoms with van der Waals surface area (Å²) in [6.45, 7) is 2.02. The Bertz CT molecular complexity index is 644. The molecule has 1 aliphatic carbocycles. The normalized spacial score (nSPS) is 15.7. The summed E-state index contributed by atoms with van der Waals surface area (Å²) >= 11 is 0. The molecule has 1 fully saturated rings. The number of carbonyl (C=O) groups is 1. The Morgan fingerprint density at radius 3 is 2.79 bits per heavy atom. The van der Waals surface area contributed by atoms with Crippen molar-refractivity contribution in [3.63, 3.8) is 0 Å². The summed E-state index contributed by atoms with van der Waals surface area (Å²) in [7, 11) is 0. The number of hydrogen-bond acceptors (Lipinski definition) is 2. The molecule has 0 aliphatic heterocycles. The van der Waals surface area contributed by atoms with Crippen molar-refractivity contribution in [2.24, 2.45) is 0 Å². The molecule has 1 saturated carbocycles. The summed E-state index contributed by atoms with van der Waals surface area (Å²) in [6.07, 6.45) is 9.49. The number of imidazole rings is 1. The van der Waals surface area contributed by atoms with Crippen LogP contribution in [0.2, 0.25) is 0 Å². The molecule has 0 aromatic carbocycles. The predicted octanol–water partition coefficient (Wildman–Crippen LogP) is 3.72. The van der Waals surface area contributed by atoms with Crippen LogP contribution in [-0.2, 0) is 0 Å². The van der Waals surface area contributed by atoms with E-state index in [1.807, 2.05) is 35.7 Å². The van der Waals surface area contributed by atoms with E-state index < -0.39 is 0 Å². The Labute approximate surface area is 113 Å². The Kier molecular flexibility index (Phi) is 3.20. The molecule has 0 amide bonds. The summed E-state index contributed by atoms with van der Waals surface area (Å²) < 4.78 is 1.96. The Morgan fingerprint density at radius 1 is 1.26 bits per heavy atom. The molecular formula is C16H18N2O. The lowest BCUT2D eigenvalue weighted by molar-refractivity contribution is 0.104. The first-order valence-electron chi connectivity index (χ1n) is 6.92. The summed E-state index contributed by atoms with van der Waals surface area (Å²) in [5, 5.41) is 0. The SMILES string of the molecule is Cc1cccc2nc(C(=O)C=C3CCCCC3)cn12. The molecule has 98 valence electrons. The Balaban J connectivity index is 1.91. The van der Waals surface area contributed by atoms with E-state index in [9.17, 15) is 4.79 Å². The molecule has 2 aromatic rings. The van der Waals surface area contributed by atoms with Crippen LogP contribution in [0.1, 0.15) is 48.3 Å². The molecule has 19 heavy (non-hydrogen) atoms. The molecule has 2 heterocycles. The third kappa shape index (κ3) is 2.46. The highest BCUT2D eigenvalue weighted by molar-refractivity contribution is 6.03. The van der Waals surface area contributed by atoms with Crippen LogP contribution in [0.25, 0.3) is 5.65 Å². The van der Waals surface area contributed by atoms with Gasteiger partial charge in [-0.25, -0.2) is 4.98 Å². The third-order valence-corrected chi connectivity index (χ3v) is 3.78. The molecule has 0 radical (unpaired) electrons. The van der Waals surface area contributed by atoms with Gasteiger partial charge in [0.2, 0.25) is 5.78 Å². The number of pyridine rings is 1. The van der Waals surface area contributed by atoms with Crippen molar-refractivity contribution in [1.82, 2.24) is 9.38 Å². The van der Waals surface area contributed by atoms with Crippen molar-refractivity contribution >= 4 is 11.4 Å². The molecule has 0 unspecified atom stereocenters. The highest BCUT2D eigenvalue weighted by Gasteiger charge is 2.12. The molecular weight excluding hydrogens is 236 g/mol. The molecule has 1 aliphatic rings. The first kappa shape index (κ1) is 12.2. The van der Waals surface area contributed by atoms with E-state index in [0.717, 1.165) is 24.2 Å². The van der Waals surface area contributed by atoms with Crippen LogP contribution in [0.3, 0.4) is 0 Å². The number of allylic oxidation sites excluding steroid dienone is 2. The fourth-order valence-electron chi connectivity index (χ4n) is 2.68. The van der Waals surface area contributed by atoms with Crippen LogP contribution in [0.15, 0.2) is 36.0 Å². The minimum atomic E-state index is 0.0417. The minimum absolute atomic E-state index is 0.0417. The van der Waals surface area contributed by atoms with E-state index in [-0.39, 0.29) is 5.78 Å². The Hall–Kier alpha value is -1.90. The van der Waals surface area contributed by atoms with Crippen LogP contribution in [0, 0.1) is 6.92 Å². The van der Waals surface area contributed by atoms with Crippen molar-refractivity contribution in [3.8, 4) is 0 Å². The van der Waals surface area contributed by atoms with Gasteiger partial charge in [0.25, 0.3) is 0 Å². The van der Waals surface area contributed by atoms with Gasteiger partial charge in [0, 0.05) is 11.9 Å². The van der Waals surface area contributed by atoms with Crippen molar-refractivity contribution < 1.29 is 4.79 Å². The average Bonchev–Trinajstić information content (AvgIpc) is 2.85. The first-order chi connectivity index (χ1) is 9.24. The van der Waals surface area contributed by atoms with E-state index in [4.69, 9.17) is 0 Å². The van der Waals surface area contributed by atoms with Gasteiger partial charge in [-0.05, 0) is 50.8 Å². The average molecular weight is 254 g/mol. The number of ketones is 1. The van der Waals surface area contributed by atoms with Gasteiger partial charge >= 0.3 is 0 Å².